The summed E-state index contributed by atoms with van der Waals surface area (Å²) in [5.41, 5.74) is -0.284. The first-order valence-electron chi connectivity index (χ1n) is 7.71. The smallest absolute Gasteiger partial charge is 0.308 e. The maximum Gasteiger partial charge on any atom is 0.332 e. The van der Waals surface area contributed by atoms with Crippen LogP contribution in [0.2, 0.25) is 0 Å². The zero-order valence-corrected chi connectivity index (χ0v) is 16.3. The molecule has 0 aromatic carbocycles. The van der Waals surface area contributed by atoms with Crippen molar-refractivity contribution < 1.29 is 4.79 Å². The zero-order valence-electron chi connectivity index (χ0n) is 14.6. The molecule has 138 valence electrons. The van der Waals surface area contributed by atoms with Crippen LogP contribution in [0.15, 0.2) is 14.7 Å². The molecule has 26 heavy (non-hydrogen) atoms. The molecule has 3 aromatic heterocycles. The van der Waals surface area contributed by atoms with Crippen molar-refractivity contribution in [2.24, 2.45) is 21.1 Å². The van der Waals surface area contributed by atoms with Crippen molar-refractivity contribution in [3.63, 3.8) is 0 Å². The van der Waals surface area contributed by atoms with Gasteiger partial charge in [-0.05, 0) is 6.42 Å². The molecule has 0 unspecified atom stereocenters. The predicted octanol–water partition coefficient (Wildman–Crippen LogP) is 0.115. The number of anilines is 1. The van der Waals surface area contributed by atoms with E-state index in [-0.39, 0.29) is 17.2 Å². The van der Waals surface area contributed by atoms with Gasteiger partial charge < -0.3 is 4.57 Å². The number of imidazole rings is 1. The average molecular weight is 395 g/mol. The molecule has 3 heterocycles. The van der Waals surface area contributed by atoms with Gasteiger partial charge in [0, 0.05) is 21.1 Å². The molecular weight excluding hydrogens is 378 g/mol. The number of amides is 1. The number of carbonyl (C=O) groups is 1. The minimum atomic E-state index is -0.462. The van der Waals surface area contributed by atoms with Crippen molar-refractivity contribution in [3.8, 4) is 0 Å². The summed E-state index contributed by atoms with van der Waals surface area (Å²) < 4.78 is 4.01. The number of fused-ring (bicyclic) bond motifs is 1. The Morgan fingerprint density at radius 2 is 1.88 bits per heavy atom. The number of nitrogens with zero attached hydrogens (tertiary/aromatic N) is 6. The number of hydrogen-bond donors (Lipinski definition) is 1. The molecule has 3 rings (SSSR count). The van der Waals surface area contributed by atoms with E-state index >= 15 is 0 Å². The molecule has 0 radical (unpaired) electrons. The Morgan fingerprint density at radius 1 is 1.15 bits per heavy atom. The normalized spacial score (nSPS) is 11.2. The van der Waals surface area contributed by atoms with Crippen LogP contribution in [-0.4, -0.2) is 40.5 Å². The van der Waals surface area contributed by atoms with E-state index in [0.717, 1.165) is 16.0 Å². The van der Waals surface area contributed by atoms with Crippen LogP contribution >= 0.6 is 23.1 Å². The number of nitrogens with one attached hydrogen (secondary N) is 1. The lowest BCUT2D eigenvalue weighted by Gasteiger charge is -2.06. The van der Waals surface area contributed by atoms with E-state index in [1.807, 2.05) is 6.92 Å². The van der Waals surface area contributed by atoms with E-state index in [1.54, 1.807) is 18.7 Å². The van der Waals surface area contributed by atoms with Crippen molar-refractivity contribution in [2.45, 2.75) is 18.5 Å². The summed E-state index contributed by atoms with van der Waals surface area (Å²) in [4.78, 5) is 40.7. The quantitative estimate of drug-likeness (QED) is 0.610. The highest BCUT2D eigenvalue weighted by atomic mass is 32.2. The number of hydrogen-bond acceptors (Lipinski definition) is 8. The van der Waals surface area contributed by atoms with Crippen LogP contribution in [0, 0.1) is 0 Å². The van der Waals surface area contributed by atoms with Gasteiger partial charge >= 0.3 is 5.69 Å². The molecule has 0 saturated carbocycles. The molecule has 3 aromatic rings. The topological polar surface area (TPSA) is 117 Å². The molecule has 0 aliphatic heterocycles. The van der Waals surface area contributed by atoms with Gasteiger partial charge in [-0.2, -0.15) is 0 Å². The summed E-state index contributed by atoms with van der Waals surface area (Å²) in [6, 6.07) is 0. The van der Waals surface area contributed by atoms with Gasteiger partial charge in [-0.3, -0.25) is 24.0 Å². The molecule has 1 N–H and O–H groups in total. The monoisotopic (exact) mass is 395 g/mol. The standard InChI is InChI=1S/C14H17N7O3S2/c1-5-8-17-18-12(26-8)15-7(22)6-25-13-16-9-10(19(13)2)20(3)14(24)21(4)11(9)23/h5-6H2,1-4H3,(H,15,18,22). The predicted molar refractivity (Wildman–Crippen MR) is 99.8 cm³/mol. The lowest BCUT2D eigenvalue weighted by molar-refractivity contribution is -0.113. The summed E-state index contributed by atoms with van der Waals surface area (Å²) in [6.07, 6.45) is 0.760. The molecule has 0 atom stereocenters. The van der Waals surface area contributed by atoms with Crippen LogP contribution in [-0.2, 0) is 32.4 Å². The van der Waals surface area contributed by atoms with Crippen molar-refractivity contribution in [1.29, 1.82) is 0 Å². The van der Waals surface area contributed by atoms with E-state index in [4.69, 9.17) is 0 Å². The molecular formula is C14H17N7O3S2. The second-order valence-electron chi connectivity index (χ2n) is 5.52. The Bertz CT molecular complexity index is 1110. The second-order valence-corrected chi connectivity index (χ2v) is 7.53. The molecule has 0 bridgehead atoms. The van der Waals surface area contributed by atoms with Gasteiger partial charge in [0.05, 0.1) is 5.75 Å². The minimum Gasteiger partial charge on any atom is -0.308 e. The molecule has 10 nitrogen and oxygen atoms in total. The third-order valence-electron chi connectivity index (χ3n) is 3.77. The van der Waals surface area contributed by atoms with E-state index in [9.17, 15) is 14.4 Å². The van der Waals surface area contributed by atoms with Crippen molar-refractivity contribution in [3.05, 3.63) is 25.8 Å². The van der Waals surface area contributed by atoms with Crippen LogP contribution in [0.25, 0.3) is 11.2 Å². The summed E-state index contributed by atoms with van der Waals surface area (Å²) in [5.74, 6) is -0.158. The molecule has 1 amide bonds. The van der Waals surface area contributed by atoms with Gasteiger partial charge in [-0.15, -0.1) is 10.2 Å². The van der Waals surface area contributed by atoms with Gasteiger partial charge in [-0.1, -0.05) is 30.0 Å². The van der Waals surface area contributed by atoms with Crippen LogP contribution in [0.4, 0.5) is 5.13 Å². The molecule has 0 aliphatic carbocycles. The fraction of sp³-hybridized carbons (Fsp3) is 0.429. The molecule has 0 aliphatic rings. The van der Waals surface area contributed by atoms with Crippen LogP contribution in [0.1, 0.15) is 11.9 Å². The van der Waals surface area contributed by atoms with E-state index in [2.05, 4.69) is 20.5 Å². The summed E-state index contributed by atoms with van der Waals surface area (Å²) in [5, 5.41) is 12.3. The Kier molecular flexibility index (Phi) is 4.96. The second kappa shape index (κ2) is 7.03. The van der Waals surface area contributed by atoms with Crippen LogP contribution in [0.5, 0.6) is 0 Å². The third-order valence-corrected chi connectivity index (χ3v) is 5.78. The zero-order chi connectivity index (χ0) is 19.0. The number of aryl methyl sites for hydroxylation is 3. The van der Waals surface area contributed by atoms with E-state index in [0.29, 0.717) is 15.9 Å². The summed E-state index contributed by atoms with van der Waals surface area (Å²) >= 11 is 2.51. The number of aromatic nitrogens is 6. The van der Waals surface area contributed by atoms with E-state index < -0.39 is 11.2 Å². The molecule has 0 spiro atoms. The fourth-order valence-corrected chi connectivity index (χ4v) is 3.88. The number of thioether (sulfide) groups is 1. The van der Waals surface area contributed by atoms with Gasteiger partial charge in [0.25, 0.3) is 5.56 Å². The highest BCUT2D eigenvalue weighted by molar-refractivity contribution is 7.99. The van der Waals surface area contributed by atoms with E-state index in [1.165, 1.54) is 34.7 Å². The Balaban J connectivity index is 1.81. The lowest BCUT2D eigenvalue weighted by Crippen LogP contribution is -2.37. The first-order chi connectivity index (χ1) is 12.3. The van der Waals surface area contributed by atoms with Gasteiger partial charge in [-0.25, -0.2) is 9.78 Å². The van der Waals surface area contributed by atoms with Crippen molar-refractivity contribution >= 4 is 45.3 Å². The molecule has 12 heteroatoms. The Morgan fingerprint density at radius 3 is 2.54 bits per heavy atom. The van der Waals surface area contributed by atoms with Gasteiger partial charge in [0.1, 0.15) is 5.01 Å². The SMILES string of the molecule is CCc1nnc(NC(=O)CSc2nc3c(=O)n(C)c(=O)n(C)c3n2C)s1. The van der Waals surface area contributed by atoms with Gasteiger partial charge in [0.15, 0.2) is 16.3 Å². The average Bonchev–Trinajstić information content (AvgIpc) is 3.20. The summed E-state index contributed by atoms with van der Waals surface area (Å²) in [7, 11) is 4.69. The highest BCUT2D eigenvalue weighted by Crippen LogP contribution is 2.21. The number of rotatable bonds is 5. The van der Waals surface area contributed by atoms with Gasteiger partial charge in [0.2, 0.25) is 11.0 Å². The fourth-order valence-electron chi connectivity index (χ4n) is 2.42. The summed E-state index contributed by atoms with van der Waals surface area (Å²) in [6.45, 7) is 1.96. The molecule has 0 fully saturated rings. The van der Waals surface area contributed by atoms with Crippen LogP contribution in [0.3, 0.4) is 0 Å². The maximum atomic E-state index is 12.2. The maximum absolute atomic E-state index is 12.2. The third kappa shape index (κ3) is 3.17. The Hall–Kier alpha value is -2.47. The highest BCUT2D eigenvalue weighted by Gasteiger charge is 2.18. The minimum absolute atomic E-state index is 0.0897. The lowest BCUT2D eigenvalue weighted by atomic mass is 10.5. The van der Waals surface area contributed by atoms with Crippen molar-refractivity contribution in [1.82, 2.24) is 28.9 Å². The largest absolute Gasteiger partial charge is 0.332 e. The first-order valence-corrected chi connectivity index (χ1v) is 9.51. The number of carbonyl (C=O) groups excluding carboxylic acids is 1. The van der Waals surface area contributed by atoms with Crippen molar-refractivity contribution in [2.75, 3.05) is 11.1 Å². The molecule has 0 saturated heterocycles. The Labute approximate surface area is 155 Å². The first kappa shape index (κ1) is 18.3. The van der Waals surface area contributed by atoms with Crippen LogP contribution < -0.4 is 16.6 Å².